The first kappa shape index (κ1) is 15.4. The van der Waals surface area contributed by atoms with Crippen LogP contribution in [0, 0.1) is 0 Å². The number of carbonyl (C=O) groups is 6. The molecule has 10 nitrogen and oxygen atoms in total. The van der Waals surface area contributed by atoms with Gasteiger partial charge in [-0.3, -0.25) is 19.2 Å². The second kappa shape index (κ2) is 6.16. The highest BCUT2D eigenvalue weighted by atomic mass is 16.7. The Morgan fingerprint density at radius 1 is 0.682 bits per heavy atom. The van der Waals surface area contributed by atoms with Gasteiger partial charge in [-0.05, 0) is 0 Å². The van der Waals surface area contributed by atoms with Crippen LogP contribution >= 0.6 is 0 Å². The summed E-state index contributed by atoms with van der Waals surface area (Å²) < 4.78 is 0. The number of carbonyl (C=O) groups excluding carboxylic acids is 6. The van der Waals surface area contributed by atoms with Gasteiger partial charge in [-0.2, -0.15) is 0 Å². The molecule has 10 heteroatoms. The summed E-state index contributed by atoms with van der Waals surface area (Å²) in [6, 6.07) is 0. The fourth-order valence-corrected chi connectivity index (χ4v) is 1.69. The van der Waals surface area contributed by atoms with Crippen LogP contribution < -0.4 is 0 Å². The molecular formula is C12H10N2O8. The fraction of sp³-hybridized carbons (Fsp3) is 0.333. The summed E-state index contributed by atoms with van der Waals surface area (Å²) in [7, 11) is 0. The van der Waals surface area contributed by atoms with E-state index in [1.54, 1.807) is 0 Å². The minimum atomic E-state index is -1.15. The lowest BCUT2D eigenvalue weighted by Crippen LogP contribution is -2.32. The molecule has 0 spiro atoms. The van der Waals surface area contributed by atoms with E-state index < -0.39 is 35.6 Å². The molecule has 0 radical (unpaired) electrons. The second-order valence-electron chi connectivity index (χ2n) is 4.32. The third-order valence-electron chi connectivity index (χ3n) is 2.73. The van der Waals surface area contributed by atoms with Crippen LogP contribution in [0.2, 0.25) is 0 Å². The molecule has 0 aromatic heterocycles. The normalized spacial score (nSPS) is 18.5. The van der Waals surface area contributed by atoms with E-state index in [4.69, 9.17) is 0 Å². The molecule has 0 saturated carbocycles. The van der Waals surface area contributed by atoms with Crippen molar-refractivity contribution >= 4 is 35.6 Å². The predicted molar refractivity (Wildman–Crippen MR) is 63.5 cm³/mol. The molecule has 116 valence electrons. The molecule has 2 saturated heterocycles. The van der Waals surface area contributed by atoms with Crippen molar-refractivity contribution in [2.24, 2.45) is 0 Å². The fourth-order valence-electron chi connectivity index (χ4n) is 1.69. The van der Waals surface area contributed by atoms with Crippen molar-refractivity contribution in [3.63, 3.8) is 0 Å². The van der Waals surface area contributed by atoms with E-state index in [1.807, 2.05) is 0 Å². The third kappa shape index (κ3) is 3.34. The molecule has 0 bridgehead atoms. The highest BCUT2D eigenvalue weighted by Gasteiger charge is 2.33. The Balaban J connectivity index is 1.85. The van der Waals surface area contributed by atoms with Gasteiger partial charge in [-0.1, -0.05) is 0 Å². The SMILES string of the molecule is O=C(/C=C/C(=O)ON1C(=O)CCC1=O)ON1C(=O)CCC1=O. The number of rotatable bonds is 4. The molecule has 2 rings (SSSR count). The Morgan fingerprint density at radius 3 is 1.23 bits per heavy atom. The lowest BCUT2D eigenvalue weighted by atomic mass is 10.4. The standard InChI is InChI=1S/C12H10N2O8/c15-7-1-2-8(16)13(7)21-11(19)5-6-12(20)22-14-9(17)3-4-10(14)18/h5-6H,1-4H2/b6-5+. The number of amides is 4. The van der Waals surface area contributed by atoms with Gasteiger partial charge in [0.2, 0.25) is 0 Å². The van der Waals surface area contributed by atoms with E-state index in [0.717, 1.165) is 0 Å². The van der Waals surface area contributed by atoms with Gasteiger partial charge >= 0.3 is 11.9 Å². The summed E-state index contributed by atoms with van der Waals surface area (Å²) in [6.45, 7) is 0. The lowest BCUT2D eigenvalue weighted by molar-refractivity contribution is -0.194. The molecule has 4 amide bonds. The number of hydroxylamine groups is 4. The van der Waals surface area contributed by atoms with Crippen LogP contribution in [-0.4, -0.2) is 45.7 Å². The zero-order valence-corrected chi connectivity index (χ0v) is 11.1. The summed E-state index contributed by atoms with van der Waals surface area (Å²) in [6.07, 6.45) is 0.973. The largest absolute Gasteiger partial charge is 0.357 e. The van der Waals surface area contributed by atoms with E-state index in [2.05, 4.69) is 9.68 Å². The zero-order valence-electron chi connectivity index (χ0n) is 11.1. The van der Waals surface area contributed by atoms with Crippen molar-refractivity contribution in [3.8, 4) is 0 Å². The first-order chi connectivity index (χ1) is 10.4. The average molecular weight is 310 g/mol. The lowest BCUT2D eigenvalue weighted by Gasteiger charge is -2.11. The van der Waals surface area contributed by atoms with Crippen LogP contribution in [0.25, 0.3) is 0 Å². The average Bonchev–Trinajstić information content (AvgIpc) is 2.95. The van der Waals surface area contributed by atoms with Gasteiger partial charge in [0.1, 0.15) is 0 Å². The molecular weight excluding hydrogens is 300 g/mol. The highest BCUT2D eigenvalue weighted by Crippen LogP contribution is 2.13. The smallest absolute Gasteiger partial charge is 0.326 e. The van der Waals surface area contributed by atoms with Gasteiger partial charge in [0, 0.05) is 37.8 Å². The Labute approximate surface area is 123 Å². The van der Waals surface area contributed by atoms with Gasteiger partial charge in [-0.15, -0.1) is 10.1 Å². The Kier molecular flexibility index (Phi) is 4.30. The van der Waals surface area contributed by atoms with E-state index in [-0.39, 0.29) is 25.7 Å². The highest BCUT2D eigenvalue weighted by molar-refractivity contribution is 6.03. The summed E-state index contributed by atoms with van der Waals surface area (Å²) in [5.41, 5.74) is 0. The van der Waals surface area contributed by atoms with Crippen LogP contribution in [0.15, 0.2) is 12.2 Å². The number of hydrogen-bond acceptors (Lipinski definition) is 8. The Hall–Kier alpha value is -3.04. The summed E-state index contributed by atoms with van der Waals surface area (Å²) >= 11 is 0. The summed E-state index contributed by atoms with van der Waals surface area (Å²) in [4.78, 5) is 76.4. The predicted octanol–water partition coefficient (Wildman–Crippen LogP) is -1.24. The minimum Gasteiger partial charge on any atom is -0.326 e. The van der Waals surface area contributed by atoms with Gasteiger partial charge in [0.05, 0.1) is 0 Å². The van der Waals surface area contributed by atoms with Crippen molar-refractivity contribution in [1.82, 2.24) is 10.1 Å². The van der Waals surface area contributed by atoms with E-state index >= 15 is 0 Å². The topological polar surface area (TPSA) is 127 Å². The molecule has 0 aromatic carbocycles. The van der Waals surface area contributed by atoms with E-state index in [0.29, 0.717) is 22.3 Å². The number of hydrogen-bond donors (Lipinski definition) is 0. The maximum atomic E-state index is 11.4. The van der Waals surface area contributed by atoms with Gasteiger partial charge in [0.25, 0.3) is 23.6 Å². The monoisotopic (exact) mass is 310 g/mol. The first-order valence-corrected chi connectivity index (χ1v) is 6.22. The maximum Gasteiger partial charge on any atom is 0.357 e. The van der Waals surface area contributed by atoms with Crippen molar-refractivity contribution in [1.29, 1.82) is 0 Å². The second-order valence-corrected chi connectivity index (χ2v) is 4.32. The van der Waals surface area contributed by atoms with Crippen molar-refractivity contribution in [2.75, 3.05) is 0 Å². The minimum absolute atomic E-state index is 0.0585. The van der Waals surface area contributed by atoms with Gasteiger partial charge < -0.3 is 9.68 Å². The quantitative estimate of drug-likeness (QED) is 0.466. The molecule has 22 heavy (non-hydrogen) atoms. The van der Waals surface area contributed by atoms with E-state index in [1.165, 1.54) is 0 Å². The van der Waals surface area contributed by atoms with Crippen LogP contribution in [-0.2, 0) is 38.4 Å². The number of imide groups is 2. The van der Waals surface area contributed by atoms with Crippen LogP contribution in [0.3, 0.4) is 0 Å². The van der Waals surface area contributed by atoms with Crippen molar-refractivity contribution in [3.05, 3.63) is 12.2 Å². The molecule has 2 fully saturated rings. The summed E-state index contributed by atoms with van der Waals surface area (Å²) in [5, 5.41) is 0.622. The zero-order chi connectivity index (χ0) is 16.3. The molecule has 0 unspecified atom stereocenters. The van der Waals surface area contributed by atoms with Crippen LogP contribution in [0.5, 0.6) is 0 Å². The van der Waals surface area contributed by atoms with Gasteiger partial charge in [0.15, 0.2) is 0 Å². The van der Waals surface area contributed by atoms with E-state index in [9.17, 15) is 28.8 Å². The van der Waals surface area contributed by atoms with Crippen molar-refractivity contribution < 1.29 is 38.4 Å². The van der Waals surface area contributed by atoms with Crippen LogP contribution in [0.4, 0.5) is 0 Å². The molecule has 0 aliphatic carbocycles. The molecule has 0 aromatic rings. The van der Waals surface area contributed by atoms with Crippen molar-refractivity contribution in [2.45, 2.75) is 25.7 Å². The third-order valence-corrected chi connectivity index (χ3v) is 2.73. The maximum absolute atomic E-state index is 11.4. The summed E-state index contributed by atoms with van der Waals surface area (Å²) in [5.74, 6) is -4.96. The molecule has 0 N–H and O–H groups in total. The molecule has 2 heterocycles. The molecule has 2 aliphatic rings. The Morgan fingerprint density at radius 2 is 0.955 bits per heavy atom. The molecule has 0 atom stereocenters. The molecule has 2 aliphatic heterocycles. The first-order valence-electron chi connectivity index (χ1n) is 6.22. The van der Waals surface area contributed by atoms with Crippen LogP contribution in [0.1, 0.15) is 25.7 Å². The Bertz CT molecular complexity index is 524. The van der Waals surface area contributed by atoms with Gasteiger partial charge in [-0.25, -0.2) is 9.59 Å². The number of nitrogens with zero attached hydrogens (tertiary/aromatic N) is 2.